The van der Waals surface area contributed by atoms with Crippen LogP contribution in [0, 0.1) is 0 Å². The van der Waals surface area contributed by atoms with Crippen LogP contribution in [0.3, 0.4) is 0 Å². The summed E-state index contributed by atoms with van der Waals surface area (Å²) in [4.78, 5) is 23.2. The van der Waals surface area contributed by atoms with E-state index in [9.17, 15) is 9.59 Å². The van der Waals surface area contributed by atoms with Crippen LogP contribution in [-0.4, -0.2) is 17.0 Å². The smallest absolute Gasteiger partial charge is 0.337 e. The molecule has 0 unspecified atom stereocenters. The maximum Gasteiger partial charge on any atom is 0.337 e. The number of aryl methyl sites for hydroxylation is 1. The predicted molar refractivity (Wildman–Crippen MR) is 89.5 cm³/mol. The Morgan fingerprint density at radius 1 is 1.04 bits per heavy atom. The van der Waals surface area contributed by atoms with Gasteiger partial charge in [0.05, 0.1) is 11.3 Å². The number of aromatic carboxylic acids is 1. The predicted octanol–water partition coefficient (Wildman–Crippen LogP) is 3.53. The normalized spacial score (nSPS) is 13.0. The Kier molecular flexibility index (Phi) is 4.24. The molecule has 0 atom stereocenters. The summed E-state index contributed by atoms with van der Waals surface area (Å²) in [6.07, 6.45) is 6.53. The van der Waals surface area contributed by atoms with E-state index in [1.54, 1.807) is 24.3 Å². The number of hydrogen-bond acceptors (Lipinski definition) is 2. The van der Waals surface area contributed by atoms with Gasteiger partial charge in [-0.15, -0.1) is 0 Å². The lowest BCUT2D eigenvalue weighted by Gasteiger charge is -2.06. The molecule has 2 aromatic carbocycles. The third-order valence-electron chi connectivity index (χ3n) is 4.01. The van der Waals surface area contributed by atoms with E-state index < -0.39 is 5.97 Å². The molecule has 2 aromatic rings. The zero-order valence-corrected chi connectivity index (χ0v) is 12.6. The van der Waals surface area contributed by atoms with Crippen molar-refractivity contribution < 1.29 is 14.7 Å². The number of nitrogens with one attached hydrogen (secondary N) is 1. The fraction of sp³-hybridized carbons (Fsp3) is 0.158. The zero-order valence-electron chi connectivity index (χ0n) is 12.6. The molecule has 1 aliphatic rings. The van der Waals surface area contributed by atoms with Crippen LogP contribution in [0.2, 0.25) is 0 Å². The average Bonchev–Trinajstić information content (AvgIpc) is 3.02. The number of carbonyl (C=O) groups is 2. The summed E-state index contributed by atoms with van der Waals surface area (Å²) in [6.45, 7) is 0. The number of carbonyl (C=O) groups excluding carboxylic acids is 1. The van der Waals surface area contributed by atoms with E-state index in [-0.39, 0.29) is 11.5 Å². The van der Waals surface area contributed by atoms with E-state index in [1.807, 2.05) is 12.1 Å². The number of benzene rings is 2. The molecule has 0 heterocycles. The fourth-order valence-electron chi connectivity index (χ4n) is 2.92. The minimum absolute atomic E-state index is 0.0786. The van der Waals surface area contributed by atoms with Gasteiger partial charge in [0.2, 0.25) is 5.91 Å². The van der Waals surface area contributed by atoms with Gasteiger partial charge in [-0.3, -0.25) is 4.79 Å². The first kappa shape index (κ1) is 15.0. The molecule has 1 amide bonds. The number of carboxylic acid groups (broad SMARTS) is 1. The largest absolute Gasteiger partial charge is 0.478 e. The van der Waals surface area contributed by atoms with Crippen molar-refractivity contribution in [3.05, 3.63) is 70.8 Å². The molecule has 116 valence electrons. The first-order chi connectivity index (χ1) is 11.1. The molecule has 4 nitrogen and oxygen atoms in total. The first-order valence-electron chi connectivity index (χ1n) is 7.57. The lowest BCUT2D eigenvalue weighted by atomic mass is 10.0. The molecular formula is C19H17NO3. The van der Waals surface area contributed by atoms with E-state index in [0.29, 0.717) is 5.69 Å². The van der Waals surface area contributed by atoms with Gasteiger partial charge >= 0.3 is 5.97 Å². The molecule has 0 fully saturated rings. The highest BCUT2D eigenvalue weighted by atomic mass is 16.4. The van der Waals surface area contributed by atoms with Crippen molar-refractivity contribution in [2.24, 2.45) is 0 Å². The van der Waals surface area contributed by atoms with Gasteiger partial charge in [0, 0.05) is 6.08 Å². The summed E-state index contributed by atoms with van der Waals surface area (Å²) in [7, 11) is 0. The third kappa shape index (κ3) is 3.31. The molecule has 0 aromatic heterocycles. The van der Waals surface area contributed by atoms with E-state index in [4.69, 9.17) is 5.11 Å². The van der Waals surface area contributed by atoms with E-state index >= 15 is 0 Å². The summed E-state index contributed by atoms with van der Waals surface area (Å²) in [6, 6.07) is 12.5. The Labute approximate surface area is 134 Å². The summed E-state index contributed by atoms with van der Waals surface area (Å²) >= 11 is 0. The number of hydrogen-bond donors (Lipinski definition) is 2. The van der Waals surface area contributed by atoms with Gasteiger partial charge in [-0.25, -0.2) is 4.79 Å². The summed E-state index contributed by atoms with van der Waals surface area (Å²) < 4.78 is 0. The Hall–Kier alpha value is -2.88. The van der Waals surface area contributed by atoms with Gasteiger partial charge in [-0.05, 0) is 54.2 Å². The minimum atomic E-state index is -1.06. The van der Waals surface area contributed by atoms with E-state index in [1.165, 1.54) is 23.3 Å². The van der Waals surface area contributed by atoms with Crippen LogP contribution in [0.5, 0.6) is 0 Å². The highest BCUT2D eigenvalue weighted by Crippen LogP contribution is 2.26. The van der Waals surface area contributed by atoms with Crippen LogP contribution in [0.15, 0.2) is 48.5 Å². The van der Waals surface area contributed by atoms with Gasteiger partial charge in [0.15, 0.2) is 0 Å². The number of fused-ring (bicyclic) bond motifs is 1. The molecule has 0 aliphatic heterocycles. The number of anilines is 1. The SMILES string of the molecule is O=C(C=Cc1cccc2c1CCC2)Nc1ccccc1C(=O)O. The molecule has 0 spiro atoms. The summed E-state index contributed by atoms with van der Waals surface area (Å²) in [5.41, 5.74) is 4.09. The fourth-order valence-corrected chi connectivity index (χ4v) is 2.92. The molecule has 23 heavy (non-hydrogen) atoms. The summed E-state index contributed by atoms with van der Waals surface area (Å²) in [5, 5.41) is 11.7. The third-order valence-corrected chi connectivity index (χ3v) is 4.01. The van der Waals surface area contributed by atoms with Crippen LogP contribution >= 0.6 is 0 Å². The lowest BCUT2D eigenvalue weighted by Crippen LogP contribution is -2.11. The van der Waals surface area contributed by atoms with Crippen molar-refractivity contribution >= 4 is 23.6 Å². The molecule has 0 bridgehead atoms. The van der Waals surface area contributed by atoms with Crippen LogP contribution in [0.25, 0.3) is 6.08 Å². The molecule has 3 rings (SSSR count). The van der Waals surface area contributed by atoms with Crippen molar-refractivity contribution in [1.82, 2.24) is 0 Å². The van der Waals surface area contributed by atoms with Gasteiger partial charge in [0.1, 0.15) is 0 Å². The summed E-state index contributed by atoms with van der Waals surface area (Å²) in [5.74, 6) is -1.40. The topological polar surface area (TPSA) is 66.4 Å². The van der Waals surface area contributed by atoms with Crippen molar-refractivity contribution in [3.8, 4) is 0 Å². The van der Waals surface area contributed by atoms with Gasteiger partial charge < -0.3 is 10.4 Å². The van der Waals surface area contributed by atoms with Crippen molar-refractivity contribution in [3.63, 3.8) is 0 Å². The Morgan fingerprint density at radius 2 is 1.87 bits per heavy atom. The monoisotopic (exact) mass is 307 g/mol. The molecule has 0 saturated carbocycles. The standard InChI is InChI=1S/C19H17NO3/c21-18(20-17-10-2-1-8-16(17)19(22)23)12-11-14-6-3-5-13-7-4-9-15(13)14/h1-3,5-6,8,10-12H,4,7,9H2,(H,20,21)(H,22,23). The zero-order chi connectivity index (χ0) is 16.2. The molecular weight excluding hydrogens is 290 g/mol. The second kappa shape index (κ2) is 6.48. The first-order valence-corrected chi connectivity index (χ1v) is 7.57. The van der Waals surface area contributed by atoms with Crippen molar-refractivity contribution in [1.29, 1.82) is 0 Å². The highest BCUT2D eigenvalue weighted by molar-refractivity contribution is 6.06. The van der Waals surface area contributed by atoms with Crippen LogP contribution < -0.4 is 5.32 Å². The number of carboxylic acids is 1. The van der Waals surface area contributed by atoms with Crippen LogP contribution in [0.4, 0.5) is 5.69 Å². The van der Waals surface area contributed by atoms with Crippen LogP contribution in [-0.2, 0) is 17.6 Å². The molecule has 2 N–H and O–H groups in total. The highest BCUT2D eigenvalue weighted by Gasteiger charge is 2.13. The second-order valence-corrected chi connectivity index (χ2v) is 5.51. The van der Waals surface area contributed by atoms with Crippen molar-refractivity contribution in [2.75, 3.05) is 5.32 Å². The maximum atomic E-state index is 12.1. The van der Waals surface area contributed by atoms with Gasteiger partial charge in [-0.1, -0.05) is 30.3 Å². The number of amides is 1. The maximum absolute atomic E-state index is 12.1. The number of rotatable bonds is 4. The van der Waals surface area contributed by atoms with Gasteiger partial charge in [-0.2, -0.15) is 0 Å². The van der Waals surface area contributed by atoms with E-state index in [2.05, 4.69) is 11.4 Å². The molecule has 0 radical (unpaired) electrons. The Morgan fingerprint density at radius 3 is 2.70 bits per heavy atom. The van der Waals surface area contributed by atoms with Gasteiger partial charge in [0.25, 0.3) is 0 Å². The molecule has 4 heteroatoms. The molecule has 1 aliphatic carbocycles. The van der Waals surface area contributed by atoms with E-state index in [0.717, 1.165) is 24.8 Å². The lowest BCUT2D eigenvalue weighted by molar-refractivity contribution is -0.111. The molecule has 0 saturated heterocycles. The Balaban J connectivity index is 1.76. The Bertz CT molecular complexity index is 793. The van der Waals surface area contributed by atoms with Crippen molar-refractivity contribution in [2.45, 2.75) is 19.3 Å². The second-order valence-electron chi connectivity index (χ2n) is 5.51. The minimum Gasteiger partial charge on any atom is -0.478 e. The quantitative estimate of drug-likeness (QED) is 0.849. The number of para-hydroxylation sites is 1. The average molecular weight is 307 g/mol. The van der Waals surface area contributed by atoms with Crippen LogP contribution in [0.1, 0.15) is 33.5 Å².